The molecule has 3 rings (SSSR count). The van der Waals surface area contributed by atoms with Gasteiger partial charge in [-0.1, -0.05) is 0 Å². The Balaban J connectivity index is 1.40. The molecule has 0 amide bonds. The molecule has 1 aliphatic carbocycles. The molecule has 0 saturated carbocycles. The number of rotatable bonds is 8. The molecule has 1 unspecified atom stereocenters. The van der Waals surface area contributed by atoms with Crippen LogP contribution in [0.2, 0.25) is 0 Å². The molecule has 0 spiro atoms. The number of carbonyl (C=O) groups excluding carboxylic acids is 1. The first-order valence-electron chi connectivity index (χ1n) is 9.30. The first-order valence-corrected chi connectivity index (χ1v) is 9.30. The monoisotopic (exact) mass is 334 g/mol. The molecular weight excluding hydrogens is 304 g/mol. The molecule has 6 heteroatoms. The van der Waals surface area contributed by atoms with E-state index in [2.05, 4.69) is 20.4 Å². The Bertz CT molecular complexity index is 491. The Labute approximate surface area is 144 Å². The van der Waals surface area contributed by atoms with Gasteiger partial charge in [0.25, 0.3) is 0 Å². The van der Waals surface area contributed by atoms with Gasteiger partial charge >= 0.3 is 0 Å². The van der Waals surface area contributed by atoms with Crippen LogP contribution >= 0.6 is 0 Å². The zero-order valence-corrected chi connectivity index (χ0v) is 14.5. The summed E-state index contributed by atoms with van der Waals surface area (Å²) in [4.78, 5) is 17.0. The van der Waals surface area contributed by atoms with Crippen LogP contribution < -0.4 is 10.6 Å². The third-order valence-corrected chi connectivity index (χ3v) is 5.09. The van der Waals surface area contributed by atoms with Gasteiger partial charge in [0, 0.05) is 38.0 Å². The standard InChI is InChI=1S/C18H30N4O2/c23-17-14-16(20-6-12-22-9-3-4-10-22)18(24)13-15(17)19-5-11-21-7-1-2-8-21/h13-14,17,19-20,23H,1-12H2. The second kappa shape index (κ2) is 8.65. The highest BCUT2D eigenvalue weighted by atomic mass is 16.3. The molecule has 134 valence electrons. The molecule has 24 heavy (non-hydrogen) atoms. The van der Waals surface area contributed by atoms with Gasteiger partial charge in [-0.05, 0) is 57.9 Å². The fourth-order valence-electron chi connectivity index (χ4n) is 3.66. The van der Waals surface area contributed by atoms with Crippen LogP contribution in [-0.2, 0) is 4.79 Å². The summed E-state index contributed by atoms with van der Waals surface area (Å²) in [5, 5.41) is 16.6. The summed E-state index contributed by atoms with van der Waals surface area (Å²) in [6.07, 6.45) is 7.54. The van der Waals surface area contributed by atoms with Gasteiger partial charge in [-0.25, -0.2) is 0 Å². The van der Waals surface area contributed by atoms with Gasteiger partial charge in [0.15, 0.2) is 0 Å². The van der Waals surface area contributed by atoms with E-state index in [1.165, 1.54) is 31.8 Å². The maximum atomic E-state index is 12.2. The summed E-state index contributed by atoms with van der Waals surface area (Å²) in [5.74, 6) is -0.0506. The lowest BCUT2D eigenvalue weighted by atomic mass is 10.0. The minimum absolute atomic E-state index is 0.0506. The van der Waals surface area contributed by atoms with E-state index in [1.807, 2.05) is 0 Å². The molecule has 2 fully saturated rings. The van der Waals surface area contributed by atoms with Gasteiger partial charge in [-0.2, -0.15) is 0 Å². The molecule has 0 aromatic rings. The van der Waals surface area contributed by atoms with Crippen molar-refractivity contribution in [3.05, 3.63) is 23.5 Å². The number of aliphatic hydroxyl groups is 1. The summed E-state index contributed by atoms with van der Waals surface area (Å²) in [7, 11) is 0. The van der Waals surface area contributed by atoms with Gasteiger partial charge in [0.1, 0.15) is 6.10 Å². The first-order chi connectivity index (χ1) is 11.7. The van der Waals surface area contributed by atoms with Crippen LogP contribution in [0.25, 0.3) is 0 Å². The Morgan fingerprint density at radius 2 is 1.50 bits per heavy atom. The number of carbonyl (C=O) groups is 1. The lowest BCUT2D eigenvalue weighted by Gasteiger charge is -2.23. The summed E-state index contributed by atoms with van der Waals surface area (Å²) in [6.45, 7) is 8.05. The minimum atomic E-state index is -0.726. The molecule has 2 heterocycles. The van der Waals surface area contributed by atoms with Crippen LogP contribution in [0.15, 0.2) is 23.5 Å². The van der Waals surface area contributed by atoms with Gasteiger partial charge in [0.2, 0.25) is 5.78 Å². The average molecular weight is 334 g/mol. The van der Waals surface area contributed by atoms with Crippen molar-refractivity contribution in [1.82, 2.24) is 20.4 Å². The van der Waals surface area contributed by atoms with Crippen LogP contribution in [-0.4, -0.2) is 79.2 Å². The van der Waals surface area contributed by atoms with E-state index in [4.69, 9.17) is 0 Å². The zero-order chi connectivity index (χ0) is 16.8. The second-order valence-electron chi connectivity index (χ2n) is 6.94. The number of nitrogens with one attached hydrogen (secondary N) is 2. The van der Waals surface area contributed by atoms with Crippen molar-refractivity contribution in [2.24, 2.45) is 0 Å². The number of hydrogen-bond acceptors (Lipinski definition) is 6. The summed E-state index contributed by atoms with van der Waals surface area (Å²) >= 11 is 0. The van der Waals surface area contributed by atoms with Gasteiger partial charge in [0.05, 0.1) is 5.70 Å². The minimum Gasteiger partial charge on any atom is -0.385 e. The Hall–Kier alpha value is -1.37. The third-order valence-electron chi connectivity index (χ3n) is 5.09. The fraction of sp³-hybridized carbons (Fsp3) is 0.722. The molecule has 1 atom stereocenters. The number of allylic oxidation sites excluding steroid dienone is 1. The fourth-order valence-corrected chi connectivity index (χ4v) is 3.66. The van der Waals surface area contributed by atoms with E-state index in [1.54, 1.807) is 6.08 Å². The largest absolute Gasteiger partial charge is 0.385 e. The third kappa shape index (κ3) is 4.82. The molecule has 3 N–H and O–H groups in total. The van der Waals surface area contributed by atoms with Crippen LogP contribution in [0.3, 0.4) is 0 Å². The zero-order valence-electron chi connectivity index (χ0n) is 14.5. The molecular formula is C18H30N4O2. The van der Waals surface area contributed by atoms with E-state index < -0.39 is 6.10 Å². The molecule has 0 aromatic heterocycles. The van der Waals surface area contributed by atoms with Crippen LogP contribution in [0.1, 0.15) is 25.7 Å². The topological polar surface area (TPSA) is 67.8 Å². The highest BCUT2D eigenvalue weighted by Gasteiger charge is 2.21. The van der Waals surface area contributed by atoms with E-state index in [0.717, 1.165) is 52.4 Å². The predicted octanol–water partition coefficient (Wildman–Crippen LogP) is 0.0686. The SMILES string of the molecule is O=C1C=C(NCCN2CCCC2)C(O)C=C1NCCN1CCCC1. The molecule has 0 aromatic carbocycles. The van der Waals surface area contributed by atoms with Gasteiger partial charge in [-0.3, -0.25) is 4.79 Å². The molecule has 0 radical (unpaired) electrons. The molecule has 3 aliphatic rings. The predicted molar refractivity (Wildman–Crippen MR) is 94.5 cm³/mol. The maximum absolute atomic E-state index is 12.2. The van der Waals surface area contributed by atoms with Crippen molar-refractivity contribution in [3.8, 4) is 0 Å². The molecule has 6 nitrogen and oxygen atoms in total. The molecule has 0 bridgehead atoms. The Morgan fingerprint density at radius 3 is 2.08 bits per heavy atom. The molecule has 2 aliphatic heterocycles. The Kier molecular flexibility index (Phi) is 6.29. The van der Waals surface area contributed by atoms with E-state index >= 15 is 0 Å². The van der Waals surface area contributed by atoms with Crippen LogP contribution in [0, 0.1) is 0 Å². The summed E-state index contributed by atoms with van der Waals surface area (Å²) < 4.78 is 0. The van der Waals surface area contributed by atoms with Crippen LogP contribution in [0.5, 0.6) is 0 Å². The normalized spacial score (nSPS) is 25.7. The average Bonchev–Trinajstić information content (AvgIpc) is 3.25. The van der Waals surface area contributed by atoms with E-state index in [9.17, 15) is 9.90 Å². The van der Waals surface area contributed by atoms with Crippen molar-refractivity contribution in [3.63, 3.8) is 0 Å². The molecule has 2 saturated heterocycles. The number of aliphatic hydroxyl groups excluding tert-OH is 1. The number of hydrogen-bond donors (Lipinski definition) is 3. The highest BCUT2D eigenvalue weighted by Crippen LogP contribution is 2.13. The van der Waals surface area contributed by atoms with Crippen molar-refractivity contribution < 1.29 is 9.90 Å². The van der Waals surface area contributed by atoms with Crippen molar-refractivity contribution in [2.45, 2.75) is 31.8 Å². The van der Waals surface area contributed by atoms with Crippen LogP contribution in [0.4, 0.5) is 0 Å². The summed E-state index contributed by atoms with van der Waals surface area (Å²) in [6, 6.07) is 0. The van der Waals surface area contributed by atoms with Gasteiger partial charge < -0.3 is 25.5 Å². The van der Waals surface area contributed by atoms with Crippen molar-refractivity contribution in [1.29, 1.82) is 0 Å². The van der Waals surface area contributed by atoms with E-state index in [0.29, 0.717) is 11.4 Å². The number of ketones is 1. The van der Waals surface area contributed by atoms with Crippen molar-refractivity contribution in [2.75, 3.05) is 52.4 Å². The smallest absolute Gasteiger partial charge is 0.203 e. The highest BCUT2D eigenvalue weighted by molar-refractivity contribution is 6.05. The number of nitrogens with zero attached hydrogens (tertiary/aromatic N) is 2. The number of likely N-dealkylation sites (tertiary alicyclic amines) is 2. The maximum Gasteiger partial charge on any atom is 0.203 e. The quantitative estimate of drug-likeness (QED) is 0.584. The lowest BCUT2D eigenvalue weighted by Crippen LogP contribution is -2.37. The van der Waals surface area contributed by atoms with Gasteiger partial charge in [-0.15, -0.1) is 0 Å². The Morgan fingerprint density at radius 1 is 0.958 bits per heavy atom. The summed E-state index contributed by atoms with van der Waals surface area (Å²) in [5.41, 5.74) is 1.14. The first kappa shape index (κ1) is 17.5. The second-order valence-corrected chi connectivity index (χ2v) is 6.94. The van der Waals surface area contributed by atoms with Crippen molar-refractivity contribution >= 4 is 5.78 Å². The van der Waals surface area contributed by atoms with E-state index in [-0.39, 0.29) is 5.78 Å². The lowest BCUT2D eigenvalue weighted by molar-refractivity contribution is -0.112.